The van der Waals surface area contributed by atoms with E-state index >= 15 is 0 Å². The summed E-state index contributed by atoms with van der Waals surface area (Å²) in [5.41, 5.74) is -0.491. The fourth-order valence-corrected chi connectivity index (χ4v) is 1.07. The van der Waals surface area contributed by atoms with Crippen molar-refractivity contribution in [3.8, 4) is 6.07 Å². The lowest BCUT2D eigenvalue weighted by Gasteiger charge is -2.41. The average molecular weight is 126 g/mol. The molecule has 0 unspecified atom stereocenters. The summed E-state index contributed by atoms with van der Waals surface area (Å²) in [6, 6.07) is 2.13. The molecule has 0 aromatic heterocycles. The molecule has 0 atom stereocenters. The molecule has 0 aromatic rings. The molecule has 1 saturated heterocycles. The topological polar surface area (TPSA) is 36.3 Å². The first-order valence-corrected chi connectivity index (χ1v) is 2.87. The second-order valence-electron chi connectivity index (χ2n) is 2.48. The second kappa shape index (κ2) is 1.98. The molecule has 1 heterocycles. The van der Waals surface area contributed by atoms with Gasteiger partial charge >= 0.3 is 0 Å². The van der Waals surface area contributed by atoms with Crippen LogP contribution in [-0.2, 0) is 4.74 Å². The van der Waals surface area contributed by atoms with Gasteiger partial charge in [0.15, 0.2) is 5.60 Å². The molecule has 0 spiro atoms. The van der Waals surface area contributed by atoms with Crippen LogP contribution in [-0.4, -0.2) is 37.7 Å². The Morgan fingerprint density at radius 1 is 1.67 bits per heavy atom. The van der Waals surface area contributed by atoms with Gasteiger partial charge in [0.2, 0.25) is 0 Å². The molecule has 50 valence electrons. The lowest BCUT2D eigenvalue weighted by atomic mass is 9.97. The fourth-order valence-electron chi connectivity index (χ4n) is 1.07. The predicted molar refractivity (Wildman–Crippen MR) is 32.8 cm³/mol. The van der Waals surface area contributed by atoms with Crippen molar-refractivity contribution < 1.29 is 4.74 Å². The Labute approximate surface area is 54.8 Å². The maximum Gasteiger partial charge on any atom is 0.178 e. The molecule has 1 aliphatic rings. The van der Waals surface area contributed by atoms with E-state index in [1.54, 1.807) is 7.11 Å². The van der Waals surface area contributed by atoms with Crippen molar-refractivity contribution in [1.82, 2.24) is 4.90 Å². The third kappa shape index (κ3) is 0.913. The van der Waals surface area contributed by atoms with Gasteiger partial charge in [0.1, 0.15) is 6.07 Å². The van der Waals surface area contributed by atoms with Gasteiger partial charge in [0.05, 0.1) is 0 Å². The fraction of sp³-hybridized carbons (Fsp3) is 0.833. The first-order chi connectivity index (χ1) is 4.22. The van der Waals surface area contributed by atoms with Crippen LogP contribution in [0.4, 0.5) is 0 Å². The summed E-state index contributed by atoms with van der Waals surface area (Å²) in [5.74, 6) is 0. The molecule has 0 aromatic carbocycles. The Morgan fingerprint density at radius 3 is 2.33 bits per heavy atom. The Bertz CT molecular complexity index is 144. The van der Waals surface area contributed by atoms with E-state index in [-0.39, 0.29) is 0 Å². The summed E-state index contributed by atoms with van der Waals surface area (Å²) in [6.07, 6.45) is 0. The van der Waals surface area contributed by atoms with Crippen LogP contribution in [0.2, 0.25) is 0 Å². The van der Waals surface area contributed by atoms with Crippen LogP contribution in [0, 0.1) is 11.3 Å². The van der Waals surface area contributed by atoms with Crippen molar-refractivity contribution in [3.63, 3.8) is 0 Å². The normalized spacial score (nSPS) is 24.6. The molecule has 0 bridgehead atoms. The minimum Gasteiger partial charge on any atom is -0.361 e. The van der Waals surface area contributed by atoms with E-state index in [9.17, 15) is 0 Å². The molecular weight excluding hydrogens is 116 g/mol. The molecule has 1 rings (SSSR count). The number of ether oxygens (including phenoxy) is 1. The lowest BCUT2D eigenvalue weighted by Crippen LogP contribution is -2.60. The number of rotatable bonds is 1. The summed E-state index contributed by atoms with van der Waals surface area (Å²) in [6.45, 7) is 1.47. The van der Waals surface area contributed by atoms with Crippen LogP contribution in [0.15, 0.2) is 0 Å². The number of likely N-dealkylation sites (tertiary alicyclic amines) is 1. The Morgan fingerprint density at radius 2 is 2.22 bits per heavy atom. The van der Waals surface area contributed by atoms with Gasteiger partial charge in [0.25, 0.3) is 0 Å². The van der Waals surface area contributed by atoms with E-state index < -0.39 is 5.60 Å². The first-order valence-electron chi connectivity index (χ1n) is 2.87. The predicted octanol–water partition coefficient (Wildman–Crippen LogP) is -0.159. The van der Waals surface area contributed by atoms with Crippen LogP contribution in [0.5, 0.6) is 0 Å². The zero-order valence-electron chi connectivity index (χ0n) is 5.72. The molecule has 0 radical (unpaired) electrons. The molecule has 3 heteroatoms. The Balaban J connectivity index is 2.48. The van der Waals surface area contributed by atoms with Crippen LogP contribution in [0.1, 0.15) is 0 Å². The highest BCUT2D eigenvalue weighted by Gasteiger charge is 2.41. The molecule has 1 fully saturated rings. The summed E-state index contributed by atoms with van der Waals surface area (Å²) in [5, 5.41) is 8.55. The summed E-state index contributed by atoms with van der Waals surface area (Å²) >= 11 is 0. The maximum atomic E-state index is 8.55. The van der Waals surface area contributed by atoms with E-state index in [1.165, 1.54) is 0 Å². The molecule has 0 amide bonds. The summed E-state index contributed by atoms with van der Waals surface area (Å²) in [4.78, 5) is 2.05. The molecule has 9 heavy (non-hydrogen) atoms. The van der Waals surface area contributed by atoms with Gasteiger partial charge < -0.3 is 4.74 Å². The zero-order valence-corrected chi connectivity index (χ0v) is 5.72. The Kier molecular flexibility index (Phi) is 1.43. The highest BCUT2D eigenvalue weighted by Crippen LogP contribution is 2.20. The van der Waals surface area contributed by atoms with Crippen molar-refractivity contribution in [2.45, 2.75) is 5.60 Å². The molecular formula is C6H10N2O. The third-order valence-electron chi connectivity index (χ3n) is 1.65. The quantitative estimate of drug-likeness (QED) is 0.490. The lowest BCUT2D eigenvalue weighted by molar-refractivity contribution is -0.0720. The smallest absolute Gasteiger partial charge is 0.178 e. The van der Waals surface area contributed by atoms with Crippen LogP contribution in [0.25, 0.3) is 0 Å². The van der Waals surface area contributed by atoms with Crippen LogP contribution >= 0.6 is 0 Å². The number of likely N-dealkylation sites (N-methyl/N-ethyl adjacent to an activating group) is 1. The molecule has 0 aliphatic carbocycles. The van der Waals surface area contributed by atoms with Gasteiger partial charge in [0, 0.05) is 20.2 Å². The first kappa shape index (κ1) is 6.53. The van der Waals surface area contributed by atoms with Crippen LogP contribution in [0.3, 0.4) is 0 Å². The SMILES string of the molecule is COC1(C#N)CN(C)C1. The Hall–Kier alpha value is -0.590. The molecule has 3 nitrogen and oxygen atoms in total. The van der Waals surface area contributed by atoms with Gasteiger partial charge in [-0.3, -0.25) is 4.90 Å². The van der Waals surface area contributed by atoms with Crippen molar-refractivity contribution in [3.05, 3.63) is 0 Å². The minimum atomic E-state index is -0.491. The molecule has 0 saturated carbocycles. The number of methoxy groups -OCH3 is 1. The van der Waals surface area contributed by atoms with Crippen molar-refractivity contribution in [2.24, 2.45) is 0 Å². The van der Waals surface area contributed by atoms with E-state index in [0.29, 0.717) is 0 Å². The van der Waals surface area contributed by atoms with E-state index in [4.69, 9.17) is 10.00 Å². The third-order valence-corrected chi connectivity index (χ3v) is 1.65. The standard InChI is InChI=1S/C6H10N2O/c1-8-4-6(3-7,5-8)9-2/h4-5H2,1-2H3. The van der Waals surface area contributed by atoms with Gasteiger partial charge in [-0.1, -0.05) is 0 Å². The summed E-state index contributed by atoms with van der Waals surface area (Å²) < 4.78 is 4.99. The van der Waals surface area contributed by atoms with Gasteiger partial charge in [-0.05, 0) is 7.05 Å². The van der Waals surface area contributed by atoms with E-state index in [2.05, 4.69) is 6.07 Å². The van der Waals surface area contributed by atoms with Crippen LogP contribution < -0.4 is 0 Å². The van der Waals surface area contributed by atoms with Crippen molar-refractivity contribution >= 4 is 0 Å². The minimum absolute atomic E-state index is 0.491. The largest absolute Gasteiger partial charge is 0.361 e. The van der Waals surface area contributed by atoms with Gasteiger partial charge in [-0.15, -0.1) is 0 Å². The number of nitrogens with zero attached hydrogens (tertiary/aromatic N) is 2. The summed E-state index contributed by atoms with van der Waals surface area (Å²) in [7, 11) is 3.55. The zero-order chi connectivity index (χ0) is 6.91. The monoisotopic (exact) mass is 126 g/mol. The van der Waals surface area contributed by atoms with E-state index in [1.807, 2.05) is 11.9 Å². The van der Waals surface area contributed by atoms with Crippen molar-refractivity contribution in [2.75, 3.05) is 27.2 Å². The number of nitriles is 1. The average Bonchev–Trinajstić information content (AvgIpc) is 1.81. The van der Waals surface area contributed by atoms with Gasteiger partial charge in [-0.25, -0.2) is 0 Å². The number of hydrogen-bond donors (Lipinski definition) is 0. The molecule has 1 aliphatic heterocycles. The van der Waals surface area contributed by atoms with E-state index in [0.717, 1.165) is 13.1 Å². The highest BCUT2D eigenvalue weighted by atomic mass is 16.5. The number of hydrogen-bond acceptors (Lipinski definition) is 3. The maximum absolute atomic E-state index is 8.55. The highest BCUT2D eigenvalue weighted by molar-refractivity contribution is 5.11. The van der Waals surface area contributed by atoms with Crippen molar-refractivity contribution in [1.29, 1.82) is 5.26 Å². The second-order valence-corrected chi connectivity index (χ2v) is 2.48. The van der Waals surface area contributed by atoms with Gasteiger partial charge in [-0.2, -0.15) is 5.26 Å². The molecule has 0 N–H and O–H groups in total.